The molecular weight excluding hydrogens is 370 g/mol. The van der Waals surface area contributed by atoms with E-state index >= 15 is 0 Å². The highest BCUT2D eigenvalue weighted by Gasteiger charge is 2.48. The lowest BCUT2D eigenvalue weighted by molar-refractivity contribution is -0.151. The Labute approximate surface area is 172 Å². The molecule has 2 aromatic carbocycles. The van der Waals surface area contributed by atoms with Crippen molar-refractivity contribution in [2.45, 2.75) is 51.6 Å². The molecule has 0 radical (unpaired) electrons. The summed E-state index contributed by atoms with van der Waals surface area (Å²) in [6.45, 7) is 7.74. The molecule has 0 fully saturated rings. The van der Waals surface area contributed by atoms with Gasteiger partial charge in [0.15, 0.2) is 6.10 Å². The van der Waals surface area contributed by atoms with Crippen LogP contribution in [0.5, 0.6) is 11.5 Å². The Morgan fingerprint density at radius 3 is 2.41 bits per heavy atom. The van der Waals surface area contributed by atoms with Crippen LogP contribution in [0.25, 0.3) is 0 Å². The number of carbonyl (C=O) groups excluding carboxylic acids is 1. The number of anilines is 1. The molecule has 0 aliphatic carbocycles. The second-order valence-corrected chi connectivity index (χ2v) is 7.87. The summed E-state index contributed by atoms with van der Waals surface area (Å²) in [6, 6.07) is 12.7. The van der Waals surface area contributed by atoms with E-state index in [0.717, 1.165) is 17.0 Å². The monoisotopic (exact) mass is 399 g/mol. The van der Waals surface area contributed by atoms with Gasteiger partial charge in [-0.1, -0.05) is 0 Å². The molecule has 2 aromatic rings. The highest BCUT2D eigenvalue weighted by atomic mass is 16.6. The summed E-state index contributed by atoms with van der Waals surface area (Å²) >= 11 is 0. The number of nitrogens with one attached hydrogen (secondary N) is 1. The first-order valence-corrected chi connectivity index (χ1v) is 9.76. The number of fused-ring (bicyclic) bond motifs is 1. The fourth-order valence-corrected chi connectivity index (χ4v) is 3.44. The van der Waals surface area contributed by atoms with E-state index in [1.807, 2.05) is 52.9 Å². The lowest BCUT2D eigenvalue weighted by Gasteiger charge is -2.44. The molecule has 6 heteroatoms. The molecule has 0 saturated heterocycles. The fourth-order valence-electron chi connectivity index (χ4n) is 3.44. The molecule has 2 atom stereocenters. The normalized spacial score (nSPS) is 19.8. The zero-order valence-electron chi connectivity index (χ0n) is 17.8. The number of methoxy groups -OCH3 is 1. The van der Waals surface area contributed by atoms with Gasteiger partial charge in [-0.3, -0.25) is 0 Å². The predicted molar refractivity (Wildman–Crippen MR) is 112 cm³/mol. The van der Waals surface area contributed by atoms with Gasteiger partial charge in [0.05, 0.1) is 18.8 Å². The van der Waals surface area contributed by atoms with E-state index in [1.54, 1.807) is 31.4 Å². The maximum absolute atomic E-state index is 12.9. The lowest BCUT2D eigenvalue weighted by Crippen LogP contribution is -2.52. The zero-order chi connectivity index (χ0) is 21.2. The van der Waals surface area contributed by atoms with E-state index in [4.69, 9.17) is 18.9 Å². The number of hydrogen-bond acceptors (Lipinski definition) is 6. The molecule has 29 heavy (non-hydrogen) atoms. The number of esters is 1. The Morgan fingerprint density at radius 1 is 1.14 bits per heavy atom. The van der Waals surface area contributed by atoms with Crippen molar-refractivity contribution in [1.29, 1.82) is 0 Å². The largest absolute Gasteiger partial charge is 0.497 e. The van der Waals surface area contributed by atoms with Crippen LogP contribution in [-0.2, 0) is 9.47 Å². The Morgan fingerprint density at radius 2 is 1.83 bits per heavy atom. The van der Waals surface area contributed by atoms with Crippen molar-refractivity contribution in [1.82, 2.24) is 0 Å². The van der Waals surface area contributed by atoms with E-state index < -0.39 is 23.8 Å². The van der Waals surface area contributed by atoms with E-state index in [2.05, 4.69) is 5.32 Å². The molecule has 0 aromatic heterocycles. The maximum atomic E-state index is 12.9. The van der Waals surface area contributed by atoms with Crippen LogP contribution in [0, 0.1) is 0 Å². The minimum atomic E-state index is -0.768. The van der Waals surface area contributed by atoms with Gasteiger partial charge in [-0.15, -0.1) is 0 Å². The first-order chi connectivity index (χ1) is 13.7. The Balaban J connectivity index is 1.95. The van der Waals surface area contributed by atoms with Gasteiger partial charge in [-0.2, -0.15) is 0 Å². The molecule has 0 saturated carbocycles. The van der Waals surface area contributed by atoms with E-state index in [1.165, 1.54) is 0 Å². The second-order valence-electron chi connectivity index (χ2n) is 7.87. The standard InChI is InChI=1S/C23H29NO5/c1-14(2)27-20-18-13-16(24-5)9-12-19(18)29-23(3,4)21(20)28-22(25)15-7-10-17(26-6)11-8-15/h7-14,20-21,24H,1-6H3. The van der Waals surface area contributed by atoms with Crippen LogP contribution in [0.2, 0.25) is 0 Å². The first kappa shape index (κ1) is 21.0. The van der Waals surface area contributed by atoms with E-state index in [9.17, 15) is 4.79 Å². The molecule has 2 unspecified atom stereocenters. The minimum absolute atomic E-state index is 0.0535. The van der Waals surface area contributed by atoms with E-state index in [0.29, 0.717) is 11.3 Å². The van der Waals surface area contributed by atoms with Gasteiger partial charge in [0.2, 0.25) is 0 Å². The van der Waals surface area contributed by atoms with Crippen LogP contribution < -0.4 is 14.8 Å². The molecule has 3 rings (SSSR count). The SMILES string of the molecule is CNc1ccc2c(c1)C(OC(C)C)C(OC(=O)c1ccc(OC)cc1)C(C)(C)O2. The van der Waals surface area contributed by atoms with Gasteiger partial charge >= 0.3 is 5.97 Å². The van der Waals surface area contributed by atoms with Crippen LogP contribution in [0.15, 0.2) is 42.5 Å². The summed E-state index contributed by atoms with van der Waals surface area (Å²) in [7, 11) is 3.44. The molecule has 1 heterocycles. The fraction of sp³-hybridized carbons (Fsp3) is 0.435. The molecule has 1 N–H and O–H groups in total. The number of hydrogen-bond donors (Lipinski definition) is 1. The predicted octanol–water partition coefficient (Wildman–Crippen LogP) is 4.60. The van der Waals surface area contributed by atoms with Crippen molar-refractivity contribution in [3.63, 3.8) is 0 Å². The average molecular weight is 399 g/mol. The van der Waals surface area contributed by atoms with Gasteiger partial charge in [0, 0.05) is 18.3 Å². The topological polar surface area (TPSA) is 66.0 Å². The van der Waals surface area contributed by atoms with Gasteiger partial charge in [0.25, 0.3) is 0 Å². The highest BCUT2D eigenvalue weighted by Crippen LogP contribution is 2.45. The van der Waals surface area contributed by atoms with Crippen molar-refractivity contribution in [3.8, 4) is 11.5 Å². The van der Waals surface area contributed by atoms with E-state index in [-0.39, 0.29) is 6.10 Å². The van der Waals surface area contributed by atoms with Crippen LogP contribution in [0.4, 0.5) is 5.69 Å². The Bertz CT molecular complexity index is 860. The number of ether oxygens (including phenoxy) is 4. The van der Waals surface area contributed by atoms with Gasteiger partial charge in [-0.25, -0.2) is 4.79 Å². The quantitative estimate of drug-likeness (QED) is 0.716. The van der Waals surface area contributed by atoms with Crippen molar-refractivity contribution in [2.24, 2.45) is 0 Å². The van der Waals surface area contributed by atoms with Gasteiger partial charge in [-0.05, 0) is 70.2 Å². The molecule has 0 spiro atoms. The molecule has 0 amide bonds. The number of carbonyl (C=O) groups is 1. The summed E-state index contributed by atoms with van der Waals surface area (Å²) < 4.78 is 23.6. The summed E-state index contributed by atoms with van der Waals surface area (Å²) in [5, 5.41) is 3.13. The zero-order valence-corrected chi connectivity index (χ0v) is 17.8. The van der Waals surface area contributed by atoms with Crippen molar-refractivity contribution in [3.05, 3.63) is 53.6 Å². The smallest absolute Gasteiger partial charge is 0.338 e. The highest BCUT2D eigenvalue weighted by molar-refractivity contribution is 5.89. The van der Waals surface area contributed by atoms with Gasteiger partial charge in [0.1, 0.15) is 23.2 Å². The maximum Gasteiger partial charge on any atom is 0.338 e. The molecule has 6 nitrogen and oxygen atoms in total. The number of rotatable bonds is 6. The average Bonchev–Trinajstić information content (AvgIpc) is 2.69. The lowest BCUT2D eigenvalue weighted by atomic mass is 9.87. The number of benzene rings is 2. The molecule has 1 aliphatic rings. The molecule has 156 valence electrons. The minimum Gasteiger partial charge on any atom is -0.497 e. The third kappa shape index (κ3) is 4.48. The molecular formula is C23H29NO5. The van der Waals surface area contributed by atoms with Crippen molar-refractivity contribution < 1.29 is 23.7 Å². The summed E-state index contributed by atoms with van der Waals surface area (Å²) in [6.07, 6.45) is -1.13. The molecule has 1 aliphatic heterocycles. The van der Waals surface area contributed by atoms with Gasteiger partial charge < -0.3 is 24.3 Å². The van der Waals surface area contributed by atoms with Crippen LogP contribution in [0.1, 0.15) is 49.7 Å². The first-order valence-electron chi connectivity index (χ1n) is 9.76. The van der Waals surface area contributed by atoms with Crippen LogP contribution >= 0.6 is 0 Å². The van der Waals surface area contributed by atoms with Crippen LogP contribution in [-0.4, -0.2) is 37.9 Å². The second kappa shape index (κ2) is 8.33. The third-order valence-electron chi connectivity index (χ3n) is 4.92. The summed E-state index contributed by atoms with van der Waals surface area (Å²) in [4.78, 5) is 12.9. The van der Waals surface area contributed by atoms with Crippen LogP contribution in [0.3, 0.4) is 0 Å². The Hall–Kier alpha value is -2.73. The van der Waals surface area contributed by atoms with Crippen molar-refractivity contribution in [2.75, 3.05) is 19.5 Å². The molecule has 0 bridgehead atoms. The Kier molecular flexibility index (Phi) is 6.03. The third-order valence-corrected chi connectivity index (χ3v) is 4.92. The van der Waals surface area contributed by atoms with Crippen molar-refractivity contribution >= 4 is 11.7 Å². The summed E-state index contributed by atoms with van der Waals surface area (Å²) in [5.74, 6) is 0.980. The summed E-state index contributed by atoms with van der Waals surface area (Å²) in [5.41, 5.74) is 1.47.